The van der Waals surface area contributed by atoms with E-state index in [1.807, 2.05) is 31.3 Å². The lowest BCUT2D eigenvalue weighted by Crippen LogP contribution is -2.33. The molecule has 2 aromatic heterocycles. The molecule has 5 nitrogen and oxygen atoms in total. The average molecular weight is 229 g/mol. The van der Waals surface area contributed by atoms with Gasteiger partial charge in [-0.2, -0.15) is 0 Å². The van der Waals surface area contributed by atoms with E-state index >= 15 is 0 Å². The van der Waals surface area contributed by atoms with Crippen LogP contribution < -0.4 is 10.6 Å². The normalized spacial score (nSPS) is 14.8. The van der Waals surface area contributed by atoms with Gasteiger partial charge in [0, 0.05) is 12.7 Å². The highest BCUT2D eigenvalue weighted by Crippen LogP contribution is 2.11. The molecule has 0 atom stereocenters. The number of nitrogens with zero attached hydrogens (tertiary/aromatic N) is 3. The molecule has 3 heterocycles. The zero-order valence-corrected chi connectivity index (χ0v) is 9.77. The van der Waals surface area contributed by atoms with Crippen LogP contribution in [0.15, 0.2) is 29.4 Å². The summed E-state index contributed by atoms with van der Waals surface area (Å²) in [4.78, 5) is 8.83. The van der Waals surface area contributed by atoms with Crippen molar-refractivity contribution in [3.05, 3.63) is 35.8 Å². The van der Waals surface area contributed by atoms with E-state index in [-0.39, 0.29) is 0 Å². The van der Waals surface area contributed by atoms with Crippen molar-refractivity contribution in [3.63, 3.8) is 0 Å². The fourth-order valence-electron chi connectivity index (χ4n) is 2.06. The zero-order valence-electron chi connectivity index (χ0n) is 9.77. The van der Waals surface area contributed by atoms with Gasteiger partial charge in [-0.1, -0.05) is 6.07 Å². The lowest BCUT2D eigenvalue weighted by Gasteiger charge is -2.07. The Hall–Kier alpha value is -2.04. The number of rotatable bonds is 2. The molecular formula is C12H15N5. The summed E-state index contributed by atoms with van der Waals surface area (Å²) in [5.41, 5.74) is 3.22. The maximum Gasteiger partial charge on any atom is 0.191 e. The van der Waals surface area contributed by atoms with E-state index in [0.29, 0.717) is 0 Å². The highest BCUT2D eigenvalue weighted by molar-refractivity contribution is 5.81. The molecule has 88 valence electrons. The number of guanidine groups is 1. The fourth-order valence-corrected chi connectivity index (χ4v) is 2.06. The largest absolute Gasteiger partial charge is 0.355 e. The summed E-state index contributed by atoms with van der Waals surface area (Å²) in [6.07, 6.45) is 2.04. The van der Waals surface area contributed by atoms with Crippen LogP contribution in [-0.2, 0) is 6.54 Å². The number of aliphatic imine (C=N–C) groups is 1. The Labute approximate surface area is 99.6 Å². The van der Waals surface area contributed by atoms with Gasteiger partial charge < -0.3 is 15.0 Å². The standard InChI is InChI=1S/C12H15N5/c1-9-10(8-15-12-13-5-6-14-12)17-7-3-2-4-11(17)16-9/h2-4,7H,5-6,8H2,1H3,(H2,13,14,15). The molecule has 2 aromatic rings. The zero-order chi connectivity index (χ0) is 11.7. The quantitative estimate of drug-likeness (QED) is 0.796. The van der Waals surface area contributed by atoms with Gasteiger partial charge in [-0.05, 0) is 19.1 Å². The first-order chi connectivity index (χ1) is 8.34. The summed E-state index contributed by atoms with van der Waals surface area (Å²) in [6.45, 7) is 4.56. The molecule has 0 fully saturated rings. The van der Waals surface area contributed by atoms with Crippen LogP contribution in [0.5, 0.6) is 0 Å². The SMILES string of the molecule is Cc1nc2ccccn2c1CNC1=NCCN1. The fraction of sp³-hybridized carbons (Fsp3) is 0.333. The molecule has 0 spiro atoms. The van der Waals surface area contributed by atoms with Gasteiger partial charge in [0.1, 0.15) is 5.65 Å². The third kappa shape index (κ3) is 1.84. The molecule has 5 heteroatoms. The van der Waals surface area contributed by atoms with Crippen LogP contribution in [0.1, 0.15) is 11.4 Å². The summed E-state index contributed by atoms with van der Waals surface area (Å²) in [6, 6.07) is 6.03. The first kappa shape index (κ1) is 10.1. The van der Waals surface area contributed by atoms with Gasteiger partial charge in [0.25, 0.3) is 0 Å². The predicted molar refractivity (Wildman–Crippen MR) is 67.1 cm³/mol. The molecule has 2 N–H and O–H groups in total. The van der Waals surface area contributed by atoms with Gasteiger partial charge in [0.2, 0.25) is 0 Å². The summed E-state index contributed by atoms with van der Waals surface area (Å²) >= 11 is 0. The van der Waals surface area contributed by atoms with Gasteiger partial charge in [-0.15, -0.1) is 0 Å². The minimum atomic E-state index is 0.739. The minimum absolute atomic E-state index is 0.739. The highest BCUT2D eigenvalue weighted by atomic mass is 15.2. The summed E-state index contributed by atoms with van der Waals surface area (Å²) in [5, 5.41) is 6.49. The molecule has 0 saturated carbocycles. The van der Waals surface area contributed by atoms with Gasteiger partial charge in [0.15, 0.2) is 5.96 Å². The van der Waals surface area contributed by atoms with Crippen LogP contribution in [0.25, 0.3) is 5.65 Å². The van der Waals surface area contributed by atoms with Gasteiger partial charge >= 0.3 is 0 Å². The predicted octanol–water partition coefficient (Wildman–Crippen LogP) is 0.692. The summed E-state index contributed by atoms with van der Waals surface area (Å²) in [7, 11) is 0. The van der Waals surface area contributed by atoms with Crippen LogP contribution in [0, 0.1) is 6.92 Å². The van der Waals surface area contributed by atoms with Crippen LogP contribution >= 0.6 is 0 Å². The Morgan fingerprint density at radius 1 is 1.47 bits per heavy atom. The van der Waals surface area contributed by atoms with E-state index < -0.39 is 0 Å². The Kier molecular flexibility index (Phi) is 2.44. The number of aromatic nitrogens is 2. The molecule has 17 heavy (non-hydrogen) atoms. The molecule has 0 amide bonds. The Morgan fingerprint density at radius 2 is 2.41 bits per heavy atom. The molecule has 1 aliphatic rings. The van der Waals surface area contributed by atoms with Crippen molar-refractivity contribution in [2.45, 2.75) is 13.5 Å². The molecule has 0 unspecified atom stereocenters. The second-order valence-corrected chi connectivity index (χ2v) is 4.08. The molecule has 0 bridgehead atoms. The Morgan fingerprint density at radius 3 is 3.24 bits per heavy atom. The monoisotopic (exact) mass is 229 g/mol. The number of nitrogens with one attached hydrogen (secondary N) is 2. The Balaban J connectivity index is 1.86. The van der Waals surface area contributed by atoms with Crippen LogP contribution in [0.2, 0.25) is 0 Å². The first-order valence-corrected chi connectivity index (χ1v) is 5.79. The van der Waals surface area contributed by atoms with E-state index in [2.05, 4.69) is 25.0 Å². The van der Waals surface area contributed by atoms with Crippen molar-refractivity contribution < 1.29 is 0 Å². The summed E-state index contributed by atoms with van der Waals surface area (Å²) in [5.74, 6) is 0.885. The van der Waals surface area contributed by atoms with E-state index in [4.69, 9.17) is 0 Å². The number of imidazole rings is 1. The topological polar surface area (TPSA) is 53.7 Å². The van der Waals surface area contributed by atoms with Crippen molar-refractivity contribution >= 4 is 11.6 Å². The second-order valence-electron chi connectivity index (χ2n) is 4.08. The number of fused-ring (bicyclic) bond motifs is 1. The van der Waals surface area contributed by atoms with Gasteiger partial charge in [-0.25, -0.2) is 4.98 Å². The lowest BCUT2D eigenvalue weighted by atomic mass is 10.3. The minimum Gasteiger partial charge on any atom is -0.355 e. The van der Waals surface area contributed by atoms with Gasteiger partial charge in [0.05, 0.1) is 24.5 Å². The number of hydrogen-bond acceptors (Lipinski definition) is 4. The number of hydrogen-bond donors (Lipinski definition) is 2. The molecule has 0 aromatic carbocycles. The molecular weight excluding hydrogens is 214 g/mol. The molecule has 3 rings (SSSR count). The van der Waals surface area contributed by atoms with E-state index in [1.54, 1.807) is 0 Å². The third-order valence-corrected chi connectivity index (χ3v) is 2.93. The van der Waals surface area contributed by atoms with Crippen LogP contribution in [0.4, 0.5) is 0 Å². The summed E-state index contributed by atoms with van der Waals surface area (Å²) < 4.78 is 2.11. The van der Waals surface area contributed by atoms with Crippen molar-refractivity contribution in [3.8, 4) is 0 Å². The highest BCUT2D eigenvalue weighted by Gasteiger charge is 2.09. The van der Waals surface area contributed by atoms with E-state index in [1.165, 1.54) is 5.69 Å². The average Bonchev–Trinajstić information content (AvgIpc) is 2.93. The first-order valence-electron chi connectivity index (χ1n) is 5.79. The molecule has 1 aliphatic heterocycles. The third-order valence-electron chi connectivity index (χ3n) is 2.93. The van der Waals surface area contributed by atoms with E-state index in [9.17, 15) is 0 Å². The van der Waals surface area contributed by atoms with Crippen molar-refractivity contribution in [1.29, 1.82) is 0 Å². The van der Waals surface area contributed by atoms with Crippen LogP contribution in [-0.4, -0.2) is 28.4 Å². The van der Waals surface area contributed by atoms with Crippen molar-refractivity contribution in [2.24, 2.45) is 4.99 Å². The molecule has 0 radical (unpaired) electrons. The van der Waals surface area contributed by atoms with Crippen LogP contribution in [0.3, 0.4) is 0 Å². The van der Waals surface area contributed by atoms with E-state index in [0.717, 1.165) is 36.9 Å². The van der Waals surface area contributed by atoms with Crippen molar-refractivity contribution in [2.75, 3.05) is 13.1 Å². The molecule has 0 saturated heterocycles. The Bertz CT molecular complexity index is 569. The lowest BCUT2D eigenvalue weighted by molar-refractivity contribution is 0.822. The smallest absolute Gasteiger partial charge is 0.191 e. The maximum atomic E-state index is 4.52. The molecule has 0 aliphatic carbocycles. The van der Waals surface area contributed by atoms with Gasteiger partial charge in [-0.3, -0.25) is 4.99 Å². The van der Waals surface area contributed by atoms with Crippen molar-refractivity contribution in [1.82, 2.24) is 20.0 Å². The second kappa shape index (κ2) is 4.08. The number of pyridine rings is 1. The maximum absolute atomic E-state index is 4.52. The number of aryl methyl sites for hydroxylation is 1.